The first kappa shape index (κ1) is 8.14. The Balaban J connectivity index is 3.55. The first-order valence-corrected chi connectivity index (χ1v) is 2.75. The second-order valence-electron chi connectivity index (χ2n) is 1.62. The third-order valence-electron chi connectivity index (χ3n) is 0.810. The number of hydrogen-bond acceptors (Lipinski definition) is 3. The molecule has 3 heteroatoms. The monoisotopic (exact) mass is 129 g/mol. The van der Waals surface area contributed by atoms with Gasteiger partial charge in [0.1, 0.15) is 0 Å². The van der Waals surface area contributed by atoms with Crippen molar-refractivity contribution in [3.05, 3.63) is 0 Å². The van der Waals surface area contributed by atoms with Crippen molar-refractivity contribution in [3.8, 4) is 0 Å². The zero-order valence-electron chi connectivity index (χ0n) is 5.51. The lowest BCUT2D eigenvalue weighted by Gasteiger charge is -2.04. The van der Waals surface area contributed by atoms with Crippen LogP contribution in [-0.2, 0) is 14.3 Å². The molecule has 0 N–H and O–H groups in total. The van der Waals surface area contributed by atoms with Gasteiger partial charge in [-0.15, -0.1) is 0 Å². The molecule has 3 nitrogen and oxygen atoms in total. The first-order valence-electron chi connectivity index (χ1n) is 2.75. The van der Waals surface area contributed by atoms with Gasteiger partial charge in [-0.2, -0.15) is 0 Å². The summed E-state index contributed by atoms with van der Waals surface area (Å²) in [7, 11) is 0. The Bertz CT molecular complexity index is 109. The van der Waals surface area contributed by atoms with Gasteiger partial charge in [0.2, 0.25) is 6.29 Å². The minimum atomic E-state index is -0.678. The summed E-state index contributed by atoms with van der Waals surface area (Å²) in [5.74, 6) is -0.440. The minimum Gasteiger partial charge on any atom is -0.454 e. The molecule has 0 fully saturated rings. The average Bonchev–Trinajstić information content (AvgIpc) is 1.82. The summed E-state index contributed by atoms with van der Waals surface area (Å²) in [5, 5.41) is 0. The fourth-order valence-corrected chi connectivity index (χ4v) is 0.391. The van der Waals surface area contributed by atoms with Crippen LogP contribution in [0.25, 0.3) is 0 Å². The highest BCUT2D eigenvalue weighted by Crippen LogP contribution is 1.92. The summed E-state index contributed by atoms with van der Waals surface area (Å²) in [5.41, 5.74) is 0. The zero-order chi connectivity index (χ0) is 7.28. The Morgan fingerprint density at radius 1 is 1.78 bits per heavy atom. The van der Waals surface area contributed by atoms with Crippen LogP contribution >= 0.6 is 0 Å². The first-order chi connectivity index (χ1) is 4.20. The molecule has 51 valence electrons. The van der Waals surface area contributed by atoms with Gasteiger partial charge in [0, 0.05) is 6.92 Å². The molecule has 0 aromatic heterocycles. The molecule has 0 rings (SSSR count). The fourth-order valence-electron chi connectivity index (χ4n) is 0.391. The Hall–Kier alpha value is -0.860. The van der Waals surface area contributed by atoms with E-state index in [4.69, 9.17) is 0 Å². The summed E-state index contributed by atoms with van der Waals surface area (Å²) < 4.78 is 4.49. The van der Waals surface area contributed by atoms with E-state index in [1.165, 1.54) is 6.92 Å². The van der Waals surface area contributed by atoms with E-state index in [-0.39, 0.29) is 0 Å². The second-order valence-corrected chi connectivity index (χ2v) is 1.62. The average molecular weight is 129 g/mol. The van der Waals surface area contributed by atoms with Crippen LogP contribution < -0.4 is 0 Å². The van der Waals surface area contributed by atoms with E-state index in [0.29, 0.717) is 6.42 Å². The third kappa shape index (κ3) is 3.70. The van der Waals surface area contributed by atoms with Crippen LogP contribution in [-0.4, -0.2) is 18.4 Å². The molecule has 9 heavy (non-hydrogen) atoms. The molecular formula is C6H9O3. The van der Waals surface area contributed by atoms with Gasteiger partial charge in [-0.3, -0.25) is 9.59 Å². The summed E-state index contributed by atoms with van der Waals surface area (Å²) in [6, 6.07) is 0. The number of esters is 1. The summed E-state index contributed by atoms with van der Waals surface area (Å²) in [4.78, 5) is 20.0. The van der Waals surface area contributed by atoms with Gasteiger partial charge < -0.3 is 4.74 Å². The van der Waals surface area contributed by atoms with E-state index in [9.17, 15) is 9.59 Å². The van der Waals surface area contributed by atoms with Crippen LogP contribution in [0.3, 0.4) is 0 Å². The van der Waals surface area contributed by atoms with Crippen LogP contribution in [0.4, 0.5) is 0 Å². The molecular weight excluding hydrogens is 120 g/mol. The van der Waals surface area contributed by atoms with E-state index < -0.39 is 12.1 Å². The number of hydrogen-bond donors (Lipinski definition) is 0. The summed E-state index contributed by atoms with van der Waals surface area (Å²) >= 11 is 0. The summed E-state index contributed by atoms with van der Waals surface area (Å²) in [6.07, 6.45) is 1.40. The van der Waals surface area contributed by atoms with Crippen LogP contribution in [0.1, 0.15) is 20.3 Å². The normalized spacial score (nSPS) is 12.2. The Morgan fingerprint density at radius 3 is 2.44 bits per heavy atom. The van der Waals surface area contributed by atoms with Crippen molar-refractivity contribution in [1.82, 2.24) is 0 Å². The molecule has 1 atom stereocenters. The van der Waals surface area contributed by atoms with E-state index in [0.717, 1.165) is 0 Å². The Kier molecular flexibility index (Phi) is 3.67. The van der Waals surface area contributed by atoms with Gasteiger partial charge in [-0.25, -0.2) is 0 Å². The summed E-state index contributed by atoms with van der Waals surface area (Å²) in [6.45, 7) is 3.01. The predicted octanol–water partition coefficient (Wildman–Crippen LogP) is 0.438. The van der Waals surface area contributed by atoms with Crippen molar-refractivity contribution >= 4 is 12.3 Å². The largest absolute Gasteiger partial charge is 0.454 e. The molecule has 0 aromatic rings. The zero-order valence-corrected chi connectivity index (χ0v) is 5.51. The molecule has 0 heterocycles. The molecule has 1 unspecified atom stereocenters. The number of carbonyl (C=O) groups is 1. The quantitative estimate of drug-likeness (QED) is 0.519. The third-order valence-corrected chi connectivity index (χ3v) is 0.810. The fraction of sp³-hybridized carbons (Fsp3) is 0.667. The molecule has 0 aliphatic carbocycles. The van der Waals surface area contributed by atoms with Crippen molar-refractivity contribution in [2.75, 3.05) is 0 Å². The van der Waals surface area contributed by atoms with Crippen molar-refractivity contribution in [2.45, 2.75) is 26.4 Å². The van der Waals surface area contributed by atoms with Crippen molar-refractivity contribution in [3.63, 3.8) is 0 Å². The molecule has 0 spiro atoms. The maximum atomic E-state index is 10.2. The lowest BCUT2D eigenvalue weighted by molar-refractivity contribution is -0.143. The van der Waals surface area contributed by atoms with Gasteiger partial charge in [0.25, 0.3) is 0 Å². The number of ether oxygens (including phenoxy) is 1. The maximum Gasteiger partial charge on any atom is 0.303 e. The highest BCUT2D eigenvalue weighted by Gasteiger charge is 2.06. The topological polar surface area (TPSA) is 43.4 Å². The molecule has 0 aromatic carbocycles. The van der Waals surface area contributed by atoms with E-state index in [2.05, 4.69) is 4.74 Å². The highest BCUT2D eigenvalue weighted by molar-refractivity contribution is 5.70. The van der Waals surface area contributed by atoms with E-state index in [1.54, 1.807) is 13.2 Å². The van der Waals surface area contributed by atoms with Gasteiger partial charge in [-0.1, -0.05) is 6.92 Å². The van der Waals surface area contributed by atoms with Gasteiger partial charge in [0.15, 0.2) is 6.10 Å². The molecule has 0 aliphatic heterocycles. The second kappa shape index (κ2) is 4.06. The standard InChI is InChI=1S/C6H9O3/c1-3-6(4-7)9-5(2)8/h6H,3H2,1-2H3. The van der Waals surface area contributed by atoms with Crippen molar-refractivity contribution in [2.24, 2.45) is 0 Å². The van der Waals surface area contributed by atoms with E-state index in [1.807, 2.05) is 0 Å². The number of carbonyl (C=O) groups excluding carboxylic acids is 2. The maximum absolute atomic E-state index is 10.2. The van der Waals surface area contributed by atoms with Gasteiger partial charge in [0.05, 0.1) is 0 Å². The van der Waals surface area contributed by atoms with Gasteiger partial charge in [-0.05, 0) is 6.42 Å². The Morgan fingerprint density at radius 2 is 2.33 bits per heavy atom. The SMILES string of the molecule is CCC([C]=O)OC(C)=O. The van der Waals surface area contributed by atoms with E-state index >= 15 is 0 Å². The Labute approximate surface area is 54.0 Å². The number of rotatable bonds is 3. The minimum absolute atomic E-state index is 0.440. The van der Waals surface area contributed by atoms with Crippen LogP contribution in [0.2, 0.25) is 0 Å². The van der Waals surface area contributed by atoms with Crippen LogP contribution in [0, 0.1) is 0 Å². The predicted molar refractivity (Wildman–Crippen MR) is 31.5 cm³/mol. The van der Waals surface area contributed by atoms with Crippen molar-refractivity contribution in [1.29, 1.82) is 0 Å². The lowest BCUT2D eigenvalue weighted by atomic mass is 10.3. The van der Waals surface area contributed by atoms with Gasteiger partial charge >= 0.3 is 5.97 Å². The molecule has 0 bridgehead atoms. The molecule has 0 saturated carbocycles. The van der Waals surface area contributed by atoms with Crippen LogP contribution in [0.15, 0.2) is 0 Å². The smallest absolute Gasteiger partial charge is 0.303 e. The molecule has 1 radical (unpaired) electrons. The molecule has 0 amide bonds. The van der Waals surface area contributed by atoms with Crippen molar-refractivity contribution < 1.29 is 14.3 Å². The van der Waals surface area contributed by atoms with Crippen LogP contribution in [0.5, 0.6) is 0 Å². The highest BCUT2D eigenvalue weighted by atomic mass is 16.5. The molecule has 0 saturated heterocycles. The lowest BCUT2D eigenvalue weighted by Crippen LogP contribution is -2.15. The molecule has 0 aliphatic rings.